The standard InChI is InChI=1S/C17H19N5O2S/c1-5-24-17(23)14-8-11-13(21(2)3)7-6-12(16(11)25-14)19-20-15-9-18-10-22(15)4/h6-10H,5H2,1-4H3/b20-19+. The van der Waals surface area contributed by atoms with Crippen molar-refractivity contribution in [3.8, 4) is 0 Å². The summed E-state index contributed by atoms with van der Waals surface area (Å²) in [4.78, 5) is 18.7. The molecule has 0 aliphatic rings. The first-order valence-corrected chi connectivity index (χ1v) is 8.62. The lowest BCUT2D eigenvalue weighted by molar-refractivity contribution is 0.0532. The zero-order valence-corrected chi connectivity index (χ0v) is 15.4. The van der Waals surface area contributed by atoms with Gasteiger partial charge in [0.15, 0.2) is 5.82 Å². The molecule has 1 aromatic carbocycles. The van der Waals surface area contributed by atoms with E-state index in [2.05, 4.69) is 15.2 Å². The van der Waals surface area contributed by atoms with Crippen LogP contribution in [0.1, 0.15) is 16.6 Å². The van der Waals surface area contributed by atoms with Gasteiger partial charge in [-0.1, -0.05) is 0 Å². The Labute approximate surface area is 149 Å². The number of azo groups is 1. The Morgan fingerprint density at radius 1 is 1.36 bits per heavy atom. The highest BCUT2D eigenvalue weighted by molar-refractivity contribution is 7.21. The van der Waals surface area contributed by atoms with Gasteiger partial charge in [0.25, 0.3) is 0 Å². The van der Waals surface area contributed by atoms with Gasteiger partial charge in [-0.05, 0) is 25.1 Å². The van der Waals surface area contributed by atoms with Gasteiger partial charge in [0.2, 0.25) is 0 Å². The number of ether oxygens (including phenoxy) is 1. The Kier molecular flexibility index (Phi) is 4.80. The minimum atomic E-state index is -0.317. The molecule has 0 saturated carbocycles. The number of thiophene rings is 1. The molecule has 0 unspecified atom stereocenters. The van der Waals surface area contributed by atoms with Crippen molar-refractivity contribution in [2.45, 2.75) is 6.92 Å². The molecular formula is C17H19N5O2S. The van der Waals surface area contributed by atoms with Crippen molar-refractivity contribution < 1.29 is 9.53 Å². The van der Waals surface area contributed by atoms with Crippen LogP contribution in [0.3, 0.4) is 0 Å². The van der Waals surface area contributed by atoms with E-state index in [1.54, 1.807) is 24.0 Å². The van der Waals surface area contributed by atoms with Gasteiger partial charge >= 0.3 is 5.97 Å². The number of rotatable bonds is 5. The molecule has 0 bridgehead atoms. The Morgan fingerprint density at radius 2 is 2.16 bits per heavy atom. The maximum absolute atomic E-state index is 12.1. The zero-order valence-electron chi connectivity index (χ0n) is 14.6. The molecule has 2 aromatic heterocycles. The monoisotopic (exact) mass is 357 g/mol. The fourth-order valence-electron chi connectivity index (χ4n) is 2.42. The largest absolute Gasteiger partial charge is 0.462 e. The Morgan fingerprint density at radius 3 is 2.80 bits per heavy atom. The first-order chi connectivity index (χ1) is 12.0. The number of hydrogen-bond donors (Lipinski definition) is 0. The maximum Gasteiger partial charge on any atom is 0.348 e. The molecule has 0 aliphatic carbocycles. The quantitative estimate of drug-likeness (QED) is 0.504. The molecule has 0 aliphatic heterocycles. The lowest BCUT2D eigenvalue weighted by Crippen LogP contribution is -2.08. The summed E-state index contributed by atoms with van der Waals surface area (Å²) < 4.78 is 7.81. The zero-order chi connectivity index (χ0) is 18.0. The van der Waals surface area contributed by atoms with Gasteiger partial charge in [0.05, 0.1) is 23.8 Å². The Bertz CT molecular complexity index is 942. The summed E-state index contributed by atoms with van der Waals surface area (Å²) >= 11 is 1.37. The average molecular weight is 357 g/mol. The summed E-state index contributed by atoms with van der Waals surface area (Å²) in [7, 11) is 5.79. The van der Waals surface area contributed by atoms with E-state index in [-0.39, 0.29) is 5.97 Å². The average Bonchev–Trinajstić information content (AvgIpc) is 3.19. The van der Waals surface area contributed by atoms with Gasteiger partial charge in [-0.15, -0.1) is 21.6 Å². The van der Waals surface area contributed by atoms with Crippen molar-refractivity contribution in [1.29, 1.82) is 0 Å². The molecule has 0 spiro atoms. The van der Waals surface area contributed by atoms with Crippen LogP contribution in [0, 0.1) is 0 Å². The van der Waals surface area contributed by atoms with Crippen LogP contribution in [0.4, 0.5) is 17.2 Å². The van der Waals surface area contributed by atoms with E-state index in [0.717, 1.165) is 15.8 Å². The van der Waals surface area contributed by atoms with Gasteiger partial charge in [0.1, 0.15) is 10.6 Å². The molecule has 0 amide bonds. The van der Waals surface area contributed by atoms with E-state index in [4.69, 9.17) is 4.74 Å². The van der Waals surface area contributed by atoms with Crippen LogP contribution < -0.4 is 4.90 Å². The third-order valence-corrected chi connectivity index (χ3v) is 4.79. The molecule has 0 fully saturated rings. The predicted molar refractivity (Wildman–Crippen MR) is 99.5 cm³/mol. The van der Waals surface area contributed by atoms with E-state index in [1.807, 2.05) is 44.2 Å². The van der Waals surface area contributed by atoms with Gasteiger partial charge in [-0.3, -0.25) is 0 Å². The van der Waals surface area contributed by atoms with Gasteiger partial charge in [-0.2, -0.15) is 0 Å². The first-order valence-electron chi connectivity index (χ1n) is 7.80. The number of benzene rings is 1. The molecule has 3 rings (SSSR count). The van der Waals surface area contributed by atoms with E-state index < -0.39 is 0 Å². The number of fused-ring (bicyclic) bond motifs is 1. The van der Waals surface area contributed by atoms with E-state index in [1.165, 1.54) is 11.3 Å². The number of carbonyl (C=O) groups is 1. The smallest absolute Gasteiger partial charge is 0.348 e. The van der Waals surface area contributed by atoms with Gasteiger partial charge in [-0.25, -0.2) is 9.78 Å². The molecule has 130 valence electrons. The van der Waals surface area contributed by atoms with E-state index >= 15 is 0 Å². The molecule has 0 radical (unpaired) electrons. The molecular weight excluding hydrogens is 338 g/mol. The van der Waals surface area contributed by atoms with Crippen LogP contribution in [0.25, 0.3) is 10.1 Å². The van der Waals surface area contributed by atoms with Crippen LogP contribution >= 0.6 is 11.3 Å². The Hall–Kier alpha value is -2.74. The van der Waals surface area contributed by atoms with Crippen molar-refractivity contribution in [1.82, 2.24) is 9.55 Å². The topological polar surface area (TPSA) is 72.1 Å². The van der Waals surface area contributed by atoms with Crippen molar-refractivity contribution in [2.75, 3.05) is 25.6 Å². The number of anilines is 1. The second-order valence-electron chi connectivity index (χ2n) is 5.63. The fourth-order valence-corrected chi connectivity index (χ4v) is 3.44. The number of carbonyl (C=O) groups excluding carboxylic acids is 1. The highest BCUT2D eigenvalue weighted by Gasteiger charge is 2.17. The summed E-state index contributed by atoms with van der Waals surface area (Å²) in [6.07, 6.45) is 3.32. The lowest BCUT2D eigenvalue weighted by Gasteiger charge is -2.14. The molecule has 0 saturated heterocycles. The summed E-state index contributed by atoms with van der Waals surface area (Å²) in [6.45, 7) is 2.14. The molecule has 0 N–H and O–H groups in total. The minimum absolute atomic E-state index is 0.317. The number of aryl methyl sites for hydroxylation is 1. The van der Waals surface area contributed by atoms with Crippen molar-refractivity contribution >= 4 is 44.6 Å². The second kappa shape index (κ2) is 7.02. The highest BCUT2D eigenvalue weighted by Crippen LogP contribution is 2.40. The highest BCUT2D eigenvalue weighted by atomic mass is 32.1. The molecule has 7 nitrogen and oxygen atoms in total. The number of esters is 1. The molecule has 2 heterocycles. The van der Waals surface area contributed by atoms with Gasteiger partial charge in [0, 0.05) is 32.2 Å². The second-order valence-corrected chi connectivity index (χ2v) is 6.69. The predicted octanol–water partition coefficient (Wildman–Crippen LogP) is 4.29. The van der Waals surface area contributed by atoms with Crippen LogP contribution in [0.15, 0.2) is 41.0 Å². The van der Waals surface area contributed by atoms with Crippen LogP contribution in [-0.2, 0) is 11.8 Å². The molecule has 25 heavy (non-hydrogen) atoms. The lowest BCUT2D eigenvalue weighted by atomic mass is 10.2. The van der Waals surface area contributed by atoms with Crippen molar-refractivity contribution in [3.63, 3.8) is 0 Å². The third-order valence-electron chi connectivity index (χ3n) is 3.65. The Balaban J connectivity index is 2.09. The SMILES string of the molecule is CCOC(=O)c1cc2c(N(C)C)ccc(/N=N/c3cncn3C)c2s1. The van der Waals surface area contributed by atoms with E-state index in [0.29, 0.717) is 23.0 Å². The fraction of sp³-hybridized carbons (Fsp3) is 0.294. The van der Waals surface area contributed by atoms with Crippen molar-refractivity contribution in [2.24, 2.45) is 17.3 Å². The van der Waals surface area contributed by atoms with E-state index in [9.17, 15) is 4.79 Å². The number of hydrogen-bond acceptors (Lipinski definition) is 7. The minimum Gasteiger partial charge on any atom is -0.462 e. The van der Waals surface area contributed by atoms with Gasteiger partial charge < -0.3 is 14.2 Å². The summed E-state index contributed by atoms with van der Waals surface area (Å²) in [5.41, 5.74) is 1.73. The molecule has 0 atom stereocenters. The number of imidazole rings is 1. The third kappa shape index (κ3) is 3.39. The molecule has 3 aromatic rings. The van der Waals surface area contributed by atoms with Crippen LogP contribution in [-0.4, -0.2) is 36.2 Å². The number of nitrogens with zero attached hydrogens (tertiary/aromatic N) is 5. The molecule has 8 heteroatoms. The van der Waals surface area contributed by atoms with Crippen LogP contribution in [0.2, 0.25) is 0 Å². The number of aromatic nitrogens is 2. The van der Waals surface area contributed by atoms with Crippen molar-refractivity contribution in [3.05, 3.63) is 35.6 Å². The summed E-state index contributed by atoms with van der Waals surface area (Å²) in [6, 6.07) is 5.74. The van der Waals surface area contributed by atoms with Crippen LogP contribution in [0.5, 0.6) is 0 Å². The summed E-state index contributed by atoms with van der Waals surface area (Å²) in [5.74, 6) is 0.343. The first kappa shape index (κ1) is 17.1. The normalized spacial score (nSPS) is 11.4. The maximum atomic E-state index is 12.1. The summed E-state index contributed by atoms with van der Waals surface area (Å²) in [5, 5.41) is 9.57.